The summed E-state index contributed by atoms with van der Waals surface area (Å²) in [6, 6.07) is 2.20. The summed E-state index contributed by atoms with van der Waals surface area (Å²) in [6.07, 6.45) is 0. The zero-order valence-electron chi connectivity index (χ0n) is 8.38. The molecule has 1 unspecified atom stereocenters. The van der Waals surface area contributed by atoms with Crippen molar-refractivity contribution in [2.75, 3.05) is 0 Å². The highest BCUT2D eigenvalue weighted by Crippen LogP contribution is 2.29. The fourth-order valence-electron chi connectivity index (χ4n) is 1.44. The number of thiophene rings is 1. The van der Waals surface area contributed by atoms with Crippen molar-refractivity contribution in [3.05, 3.63) is 55.9 Å². The fourth-order valence-corrected chi connectivity index (χ4v) is 2.65. The van der Waals surface area contributed by atoms with Crippen LogP contribution < -0.4 is 5.73 Å². The van der Waals surface area contributed by atoms with Crippen molar-refractivity contribution in [2.45, 2.75) is 6.04 Å². The minimum atomic E-state index is -1.22. The molecular weight excluding hydrogens is 315 g/mol. The van der Waals surface area contributed by atoms with Crippen LogP contribution in [0.2, 0.25) is 0 Å². The van der Waals surface area contributed by atoms with E-state index in [0.29, 0.717) is 11.6 Å². The first kappa shape index (κ1) is 12.6. The normalized spacial score (nSPS) is 12.8. The smallest absolute Gasteiger partial charge is 0.161 e. The molecule has 0 spiro atoms. The van der Waals surface area contributed by atoms with Gasteiger partial charge in [-0.2, -0.15) is 0 Å². The maximum atomic E-state index is 13.5. The number of benzene rings is 1. The second kappa shape index (κ2) is 4.80. The van der Waals surface area contributed by atoms with Crippen LogP contribution in [-0.2, 0) is 0 Å². The Morgan fingerprint density at radius 3 is 2.29 bits per heavy atom. The largest absolute Gasteiger partial charge is 0.320 e. The lowest BCUT2D eigenvalue weighted by atomic mass is 10.0. The van der Waals surface area contributed by atoms with Gasteiger partial charge in [-0.15, -0.1) is 11.3 Å². The van der Waals surface area contributed by atoms with E-state index in [1.807, 2.05) is 0 Å². The quantitative estimate of drug-likeness (QED) is 0.832. The zero-order valence-corrected chi connectivity index (χ0v) is 10.8. The molecule has 1 aromatic heterocycles. The molecule has 2 N–H and O–H groups in total. The minimum Gasteiger partial charge on any atom is -0.320 e. The van der Waals surface area contributed by atoms with Crippen LogP contribution in [0.3, 0.4) is 0 Å². The van der Waals surface area contributed by atoms with Crippen LogP contribution in [0, 0.1) is 17.5 Å². The second-order valence-corrected chi connectivity index (χ2v) is 5.74. The lowest BCUT2D eigenvalue weighted by Crippen LogP contribution is -2.13. The Labute approximate surface area is 108 Å². The summed E-state index contributed by atoms with van der Waals surface area (Å²) < 4.78 is 40.1. The van der Waals surface area contributed by atoms with Gasteiger partial charge in [-0.25, -0.2) is 13.2 Å². The van der Waals surface area contributed by atoms with Gasteiger partial charge in [0.05, 0.1) is 9.83 Å². The first-order chi connectivity index (χ1) is 7.99. The molecule has 90 valence electrons. The van der Waals surface area contributed by atoms with Gasteiger partial charge < -0.3 is 5.73 Å². The van der Waals surface area contributed by atoms with E-state index in [2.05, 4.69) is 15.9 Å². The molecule has 1 aromatic carbocycles. The SMILES string of the molecule is NC(c1csc(Br)c1)c1cc(F)c(F)cc1F. The predicted octanol–water partition coefficient (Wildman–Crippen LogP) is 3.98. The van der Waals surface area contributed by atoms with E-state index in [0.717, 1.165) is 9.85 Å². The zero-order chi connectivity index (χ0) is 12.6. The maximum absolute atomic E-state index is 13.5. The van der Waals surface area contributed by atoms with E-state index in [1.165, 1.54) is 11.3 Å². The highest BCUT2D eigenvalue weighted by molar-refractivity contribution is 9.11. The lowest BCUT2D eigenvalue weighted by molar-refractivity contribution is 0.488. The molecule has 0 saturated carbocycles. The Morgan fingerprint density at radius 2 is 1.71 bits per heavy atom. The van der Waals surface area contributed by atoms with Gasteiger partial charge in [-0.05, 0) is 39.0 Å². The van der Waals surface area contributed by atoms with Crippen LogP contribution >= 0.6 is 27.3 Å². The van der Waals surface area contributed by atoms with E-state index in [1.54, 1.807) is 11.4 Å². The number of nitrogens with two attached hydrogens (primary N) is 1. The monoisotopic (exact) mass is 321 g/mol. The predicted molar refractivity (Wildman–Crippen MR) is 64.4 cm³/mol. The van der Waals surface area contributed by atoms with Gasteiger partial charge in [0.2, 0.25) is 0 Å². The molecule has 6 heteroatoms. The van der Waals surface area contributed by atoms with Crippen LogP contribution in [-0.4, -0.2) is 0 Å². The number of hydrogen-bond donors (Lipinski definition) is 1. The third-order valence-corrected chi connectivity index (χ3v) is 3.84. The van der Waals surface area contributed by atoms with Crippen LogP contribution in [0.1, 0.15) is 17.2 Å². The molecule has 1 atom stereocenters. The van der Waals surface area contributed by atoms with Gasteiger partial charge in [-0.1, -0.05) is 0 Å². The summed E-state index contributed by atoms with van der Waals surface area (Å²) in [6.45, 7) is 0. The van der Waals surface area contributed by atoms with Crippen molar-refractivity contribution in [1.82, 2.24) is 0 Å². The first-order valence-electron chi connectivity index (χ1n) is 4.63. The van der Waals surface area contributed by atoms with Crippen LogP contribution in [0.15, 0.2) is 27.4 Å². The van der Waals surface area contributed by atoms with E-state index < -0.39 is 23.5 Å². The summed E-state index contributed by atoms with van der Waals surface area (Å²) >= 11 is 4.64. The van der Waals surface area contributed by atoms with Gasteiger partial charge in [0.25, 0.3) is 0 Å². The maximum Gasteiger partial charge on any atom is 0.161 e. The molecule has 0 bridgehead atoms. The van der Waals surface area contributed by atoms with Gasteiger partial charge in [0.15, 0.2) is 11.6 Å². The lowest BCUT2D eigenvalue weighted by Gasteiger charge is -2.11. The fraction of sp³-hybridized carbons (Fsp3) is 0.0909. The molecule has 17 heavy (non-hydrogen) atoms. The molecule has 0 amide bonds. The van der Waals surface area contributed by atoms with Gasteiger partial charge >= 0.3 is 0 Å². The Balaban J connectivity index is 2.43. The summed E-state index contributed by atoms with van der Waals surface area (Å²) in [5.74, 6) is -3.17. The van der Waals surface area contributed by atoms with Crippen LogP contribution in [0.4, 0.5) is 13.2 Å². The van der Waals surface area contributed by atoms with Crippen molar-refractivity contribution < 1.29 is 13.2 Å². The molecule has 0 radical (unpaired) electrons. The van der Waals surface area contributed by atoms with Crippen LogP contribution in [0.5, 0.6) is 0 Å². The number of halogens is 4. The summed E-state index contributed by atoms with van der Waals surface area (Å²) in [5, 5.41) is 1.73. The van der Waals surface area contributed by atoms with E-state index >= 15 is 0 Å². The van der Waals surface area contributed by atoms with Crippen molar-refractivity contribution in [2.24, 2.45) is 5.73 Å². The topological polar surface area (TPSA) is 26.0 Å². The highest BCUT2D eigenvalue weighted by atomic mass is 79.9. The Hall–Kier alpha value is -0.850. The molecule has 2 aromatic rings. The van der Waals surface area contributed by atoms with Gasteiger partial charge in [0.1, 0.15) is 5.82 Å². The van der Waals surface area contributed by atoms with Crippen molar-refractivity contribution in [3.63, 3.8) is 0 Å². The Bertz CT molecular complexity index is 556. The molecule has 1 nitrogen and oxygen atoms in total. The molecule has 0 aliphatic heterocycles. The molecule has 0 fully saturated rings. The third kappa shape index (κ3) is 2.53. The van der Waals surface area contributed by atoms with Crippen molar-refractivity contribution in [1.29, 1.82) is 0 Å². The molecular formula is C11H7BrF3NS. The minimum absolute atomic E-state index is 0.0609. The molecule has 0 aliphatic carbocycles. The molecule has 0 aliphatic rings. The van der Waals surface area contributed by atoms with Gasteiger partial charge in [0, 0.05) is 11.6 Å². The highest BCUT2D eigenvalue weighted by Gasteiger charge is 2.18. The average Bonchev–Trinajstić information content (AvgIpc) is 2.69. The Morgan fingerprint density at radius 1 is 1.06 bits per heavy atom. The second-order valence-electron chi connectivity index (χ2n) is 3.45. The summed E-state index contributed by atoms with van der Waals surface area (Å²) in [5.41, 5.74) is 6.39. The summed E-state index contributed by atoms with van der Waals surface area (Å²) in [7, 11) is 0. The third-order valence-electron chi connectivity index (χ3n) is 2.32. The standard InChI is InChI=1S/C11H7BrF3NS/c12-10-1-5(4-17-10)11(16)6-2-8(14)9(15)3-7(6)13/h1-4,11H,16H2. The van der Waals surface area contributed by atoms with E-state index in [-0.39, 0.29) is 5.56 Å². The summed E-state index contributed by atoms with van der Waals surface area (Å²) in [4.78, 5) is 0. The van der Waals surface area contributed by atoms with Crippen molar-refractivity contribution in [3.8, 4) is 0 Å². The first-order valence-corrected chi connectivity index (χ1v) is 6.30. The number of rotatable bonds is 2. The van der Waals surface area contributed by atoms with Crippen molar-refractivity contribution >= 4 is 27.3 Å². The number of hydrogen-bond acceptors (Lipinski definition) is 2. The molecule has 2 rings (SSSR count). The average molecular weight is 322 g/mol. The van der Waals surface area contributed by atoms with Gasteiger partial charge in [-0.3, -0.25) is 0 Å². The molecule has 1 heterocycles. The van der Waals surface area contributed by atoms with E-state index in [9.17, 15) is 13.2 Å². The Kier molecular flexibility index (Phi) is 3.56. The van der Waals surface area contributed by atoms with E-state index in [4.69, 9.17) is 5.73 Å². The van der Waals surface area contributed by atoms with Crippen LogP contribution in [0.25, 0.3) is 0 Å². The molecule has 0 saturated heterocycles.